The van der Waals surface area contributed by atoms with Crippen LogP contribution in [0.4, 0.5) is 22.7 Å². The summed E-state index contributed by atoms with van der Waals surface area (Å²) in [5.74, 6) is 4.64. The third-order valence-electron chi connectivity index (χ3n) is 11.2. The number of benzene rings is 8. The summed E-state index contributed by atoms with van der Waals surface area (Å²) in [6.45, 7) is 0. The number of hydrogen-bond donors (Lipinski definition) is 0. The topological polar surface area (TPSA) is 39.1 Å². The number of aromatic nitrogens is 1. The Morgan fingerprint density at radius 1 is 0.327 bits per heavy atom. The molecule has 0 amide bonds. The van der Waals surface area contributed by atoms with E-state index in [0.717, 1.165) is 84.3 Å². The molecule has 0 saturated heterocycles. The maximum atomic E-state index is 7.16. The Hall–Kier alpha value is -7.22. The standard InChI is InChI=1S/C48H31N3O3Si/c1-3-17-35-33(15-1)34-16-2-4-18-36(34)49(35)32-29-30-44-40(31-32)51-39-21-7-10-24-43(39)54-46-26-12-14-28-48(46)55(51)47-27-13-11-25-45(47)53-42-23-9-6-20-38(42)50(55)37-19-5-8-22-41(37)52-44/h1-31H. The minimum atomic E-state index is -3.63. The Morgan fingerprint density at radius 3 is 1.24 bits per heavy atom. The highest BCUT2D eigenvalue weighted by Crippen LogP contribution is 2.56. The van der Waals surface area contributed by atoms with Crippen LogP contribution in [-0.4, -0.2) is 13.0 Å². The van der Waals surface area contributed by atoms with E-state index in [4.69, 9.17) is 14.2 Å². The lowest BCUT2D eigenvalue weighted by molar-refractivity contribution is 0.482. The average Bonchev–Trinajstić information content (AvgIpc) is 3.43. The van der Waals surface area contributed by atoms with Crippen molar-refractivity contribution >= 4 is 63.3 Å². The van der Waals surface area contributed by atoms with Gasteiger partial charge in [-0.3, -0.25) is 0 Å². The lowest BCUT2D eigenvalue weighted by atomic mass is 10.2. The predicted molar refractivity (Wildman–Crippen MR) is 223 cm³/mol. The van der Waals surface area contributed by atoms with E-state index in [1.54, 1.807) is 0 Å². The fourth-order valence-corrected chi connectivity index (χ4v) is 14.2. The fourth-order valence-electron chi connectivity index (χ4n) is 9.02. The van der Waals surface area contributed by atoms with Gasteiger partial charge in [-0.25, -0.2) is 0 Å². The first-order chi connectivity index (χ1) is 27.3. The van der Waals surface area contributed by atoms with Crippen molar-refractivity contribution in [1.82, 2.24) is 4.57 Å². The Balaban J connectivity index is 1.30. The SMILES string of the molecule is c1ccc2c(c1)Oc1ccc(-n3c4ccccc4c4ccccc43)cc1N1c3ccccc3Oc3ccccc3[Si]13c1ccccc1Oc1ccccc1N23. The van der Waals surface area contributed by atoms with Crippen molar-refractivity contribution < 1.29 is 14.2 Å². The third kappa shape index (κ3) is 4.13. The van der Waals surface area contributed by atoms with Crippen LogP contribution in [-0.2, 0) is 0 Å². The van der Waals surface area contributed by atoms with Gasteiger partial charge in [-0.05, 0) is 78.9 Å². The highest BCUT2D eigenvalue weighted by atomic mass is 28.3. The van der Waals surface area contributed by atoms with Crippen LogP contribution in [0.1, 0.15) is 0 Å². The quantitative estimate of drug-likeness (QED) is 0.158. The Kier molecular flexibility index (Phi) is 6.27. The molecule has 3 aliphatic heterocycles. The first kappa shape index (κ1) is 30.3. The van der Waals surface area contributed by atoms with Gasteiger partial charge in [0, 0.05) is 26.8 Å². The first-order valence-corrected chi connectivity index (χ1v) is 20.4. The molecule has 8 aromatic carbocycles. The number of fused-ring (bicyclic) bond motifs is 13. The van der Waals surface area contributed by atoms with Gasteiger partial charge in [-0.15, -0.1) is 0 Å². The number of para-hydroxylation sites is 10. The predicted octanol–water partition coefficient (Wildman–Crippen LogP) is 11.3. The van der Waals surface area contributed by atoms with Crippen LogP contribution in [0.3, 0.4) is 0 Å². The third-order valence-corrected chi connectivity index (χ3v) is 15.8. The Morgan fingerprint density at radius 2 is 0.709 bits per heavy atom. The summed E-state index contributed by atoms with van der Waals surface area (Å²) in [6.07, 6.45) is 0. The largest absolute Gasteiger partial charge is 0.455 e. The van der Waals surface area contributed by atoms with Crippen LogP contribution in [0.5, 0.6) is 34.5 Å². The molecule has 0 radical (unpaired) electrons. The van der Waals surface area contributed by atoms with Gasteiger partial charge >= 0.3 is 8.40 Å². The maximum absolute atomic E-state index is 7.16. The van der Waals surface area contributed by atoms with E-state index in [9.17, 15) is 0 Å². The molecule has 1 spiro atoms. The number of ether oxygens (including phenoxy) is 3. The molecule has 9 aromatic rings. The zero-order valence-electron chi connectivity index (χ0n) is 29.5. The molecule has 260 valence electrons. The average molecular weight is 726 g/mol. The van der Waals surface area contributed by atoms with Crippen molar-refractivity contribution in [2.24, 2.45) is 0 Å². The highest BCUT2D eigenvalue weighted by Gasteiger charge is 2.60. The molecule has 0 bridgehead atoms. The fraction of sp³-hybridized carbons (Fsp3) is 0. The molecule has 6 nitrogen and oxygen atoms in total. The number of anilines is 4. The van der Waals surface area contributed by atoms with E-state index in [2.05, 4.69) is 184 Å². The van der Waals surface area contributed by atoms with Crippen molar-refractivity contribution in [3.8, 4) is 40.2 Å². The van der Waals surface area contributed by atoms with Gasteiger partial charge in [0.15, 0.2) is 5.75 Å². The Labute approximate surface area is 318 Å². The summed E-state index contributed by atoms with van der Waals surface area (Å²) in [5.41, 5.74) is 7.06. The second kappa shape index (κ2) is 11.4. The van der Waals surface area contributed by atoms with E-state index in [1.165, 1.54) is 10.8 Å². The van der Waals surface area contributed by atoms with Crippen molar-refractivity contribution in [3.63, 3.8) is 0 Å². The second-order valence-electron chi connectivity index (χ2n) is 14.1. The monoisotopic (exact) mass is 725 g/mol. The first-order valence-electron chi connectivity index (χ1n) is 18.5. The number of rotatable bonds is 1. The van der Waals surface area contributed by atoms with Crippen molar-refractivity contribution in [2.45, 2.75) is 0 Å². The second-order valence-corrected chi connectivity index (χ2v) is 17.4. The molecule has 0 N–H and O–H groups in total. The van der Waals surface area contributed by atoms with Crippen LogP contribution >= 0.6 is 0 Å². The van der Waals surface area contributed by atoms with Gasteiger partial charge in [0.25, 0.3) is 0 Å². The van der Waals surface area contributed by atoms with Gasteiger partial charge < -0.3 is 27.9 Å². The summed E-state index contributed by atoms with van der Waals surface area (Å²) >= 11 is 0. The zero-order chi connectivity index (χ0) is 36.1. The van der Waals surface area contributed by atoms with Crippen molar-refractivity contribution in [1.29, 1.82) is 0 Å². The molecule has 3 aliphatic rings. The molecule has 55 heavy (non-hydrogen) atoms. The van der Waals surface area contributed by atoms with Gasteiger partial charge in [-0.1, -0.05) is 109 Å². The van der Waals surface area contributed by atoms with E-state index >= 15 is 0 Å². The molecular formula is C48H31N3O3Si. The lowest BCUT2D eigenvalue weighted by Gasteiger charge is -2.51. The molecule has 12 rings (SSSR count). The zero-order valence-corrected chi connectivity index (χ0v) is 30.5. The molecule has 0 fully saturated rings. The van der Waals surface area contributed by atoms with E-state index in [-0.39, 0.29) is 0 Å². The minimum Gasteiger partial charge on any atom is -0.455 e. The molecular weight excluding hydrogens is 695 g/mol. The van der Waals surface area contributed by atoms with Gasteiger partial charge in [0.2, 0.25) is 0 Å². The maximum Gasteiger partial charge on any atom is 0.348 e. The molecule has 0 aliphatic carbocycles. The van der Waals surface area contributed by atoms with Gasteiger partial charge in [-0.2, -0.15) is 0 Å². The van der Waals surface area contributed by atoms with Gasteiger partial charge in [0.1, 0.15) is 28.7 Å². The van der Waals surface area contributed by atoms with Crippen molar-refractivity contribution in [2.75, 3.05) is 9.13 Å². The van der Waals surface area contributed by atoms with Crippen LogP contribution in [0.25, 0.3) is 27.5 Å². The summed E-state index contributed by atoms with van der Waals surface area (Å²) in [4.78, 5) is 0. The summed E-state index contributed by atoms with van der Waals surface area (Å²) in [5, 5.41) is 4.59. The minimum absolute atomic E-state index is 0.744. The number of hydrogen-bond acceptors (Lipinski definition) is 5. The lowest BCUT2D eigenvalue weighted by Crippen LogP contribution is -2.78. The van der Waals surface area contributed by atoms with E-state index < -0.39 is 8.40 Å². The molecule has 1 atom stereocenters. The van der Waals surface area contributed by atoms with E-state index in [1.807, 2.05) is 18.2 Å². The van der Waals surface area contributed by atoms with Gasteiger partial charge in [0.05, 0.1) is 33.8 Å². The Bertz CT molecular complexity index is 2940. The van der Waals surface area contributed by atoms with Crippen LogP contribution in [0.2, 0.25) is 0 Å². The van der Waals surface area contributed by atoms with Crippen molar-refractivity contribution in [3.05, 3.63) is 188 Å². The van der Waals surface area contributed by atoms with E-state index in [0.29, 0.717) is 0 Å². The molecule has 1 aromatic heterocycles. The molecule has 7 heteroatoms. The highest BCUT2D eigenvalue weighted by molar-refractivity contribution is 7.10. The summed E-state index contributed by atoms with van der Waals surface area (Å²) in [6, 6.07) is 66.2. The molecule has 1 unspecified atom stereocenters. The molecule has 0 saturated carbocycles. The van der Waals surface area contributed by atoms with Crippen LogP contribution < -0.4 is 33.7 Å². The summed E-state index contributed by atoms with van der Waals surface area (Å²) in [7, 11) is -3.63. The normalized spacial score (nSPS) is 16.1. The summed E-state index contributed by atoms with van der Waals surface area (Å²) < 4.78 is 28.7. The van der Waals surface area contributed by atoms with Crippen LogP contribution in [0, 0.1) is 0 Å². The number of nitrogens with zero attached hydrogens (tertiary/aromatic N) is 3. The smallest absolute Gasteiger partial charge is 0.348 e. The van der Waals surface area contributed by atoms with Crippen LogP contribution in [0.15, 0.2) is 188 Å². The molecule has 4 heterocycles.